The van der Waals surface area contributed by atoms with Crippen molar-refractivity contribution >= 4 is 17.3 Å². The van der Waals surface area contributed by atoms with Crippen LogP contribution in [0.25, 0.3) is 0 Å². The Balaban J connectivity index is 1.89. The third-order valence-electron chi connectivity index (χ3n) is 2.68. The fraction of sp³-hybridized carbons (Fsp3) is 0.133. The molecular weight excluding hydrogens is 240 g/mol. The quantitative estimate of drug-likeness (QED) is 0.826. The highest BCUT2D eigenvalue weighted by Gasteiger charge is 2.04. The van der Waals surface area contributed by atoms with E-state index in [1.807, 2.05) is 37.3 Å². The maximum atomic E-state index is 11.7. The summed E-state index contributed by atoms with van der Waals surface area (Å²) in [6, 6.07) is 14.6. The van der Waals surface area contributed by atoms with Crippen LogP contribution in [0.5, 0.6) is 5.75 Å². The number of aryl methyl sites for hydroxylation is 1. The van der Waals surface area contributed by atoms with E-state index < -0.39 is 0 Å². The van der Waals surface area contributed by atoms with Crippen molar-refractivity contribution in [3.8, 4) is 5.75 Å². The van der Waals surface area contributed by atoms with E-state index in [-0.39, 0.29) is 12.5 Å². The summed E-state index contributed by atoms with van der Waals surface area (Å²) in [5, 5.41) is 2.74. The summed E-state index contributed by atoms with van der Waals surface area (Å²) in [7, 11) is 0. The number of benzene rings is 2. The molecule has 0 atom stereocenters. The minimum absolute atomic E-state index is 0.0300. The van der Waals surface area contributed by atoms with Crippen molar-refractivity contribution in [3.05, 3.63) is 54.1 Å². The van der Waals surface area contributed by atoms with Gasteiger partial charge in [-0.2, -0.15) is 0 Å². The molecule has 2 rings (SSSR count). The molecule has 0 heterocycles. The van der Waals surface area contributed by atoms with Crippen molar-refractivity contribution in [2.45, 2.75) is 6.92 Å². The Kier molecular flexibility index (Phi) is 4.03. The first-order valence-electron chi connectivity index (χ1n) is 5.99. The summed E-state index contributed by atoms with van der Waals surface area (Å²) < 4.78 is 5.35. The first-order valence-corrected chi connectivity index (χ1v) is 5.99. The van der Waals surface area contributed by atoms with Gasteiger partial charge in [-0.25, -0.2) is 0 Å². The summed E-state index contributed by atoms with van der Waals surface area (Å²) in [5.74, 6) is 0.452. The van der Waals surface area contributed by atoms with Crippen molar-refractivity contribution in [2.75, 3.05) is 17.7 Å². The lowest BCUT2D eigenvalue weighted by molar-refractivity contribution is -0.118. The lowest BCUT2D eigenvalue weighted by Crippen LogP contribution is -2.20. The van der Waals surface area contributed by atoms with Crippen LogP contribution in [-0.2, 0) is 4.79 Å². The molecule has 0 aromatic heterocycles. The molecular formula is C15H16N2O2. The van der Waals surface area contributed by atoms with E-state index in [4.69, 9.17) is 10.5 Å². The number of hydrogen-bond acceptors (Lipinski definition) is 3. The lowest BCUT2D eigenvalue weighted by atomic mass is 10.2. The Labute approximate surface area is 112 Å². The second-order valence-electron chi connectivity index (χ2n) is 4.22. The van der Waals surface area contributed by atoms with Crippen molar-refractivity contribution in [1.82, 2.24) is 0 Å². The fourth-order valence-electron chi connectivity index (χ4n) is 1.58. The molecule has 0 aliphatic carbocycles. The van der Waals surface area contributed by atoms with Crippen LogP contribution in [0.1, 0.15) is 5.56 Å². The van der Waals surface area contributed by atoms with E-state index in [0.717, 1.165) is 5.56 Å². The zero-order valence-corrected chi connectivity index (χ0v) is 10.7. The van der Waals surface area contributed by atoms with Crippen LogP contribution >= 0.6 is 0 Å². The fourth-order valence-corrected chi connectivity index (χ4v) is 1.58. The van der Waals surface area contributed by atoms with Gasteiger partial charge in [-0.15, -0.1) is 0 Å². The predicted molar refractivity (Wildman–Crippen MR) is 76.2 cm³/mol. The summed E-state index contributed by atoms with van der Waals surface area (Å²) in [6.07, 6.45) is 0. The summed E-state index contributed by atoms with van der Waals surface area (Å²) in [5.41, 5.74) is 8.09. The van der Waals surface area contributed by atoms with Crippen LogP contribution < -0.4 is 15.8 Å². The number of nitrogens with two attached hydrogens (primary N) is 1. The topological polar surface area (TPSA) is 64.3 Å². The third-order valence-corrected chi connectivity index (χ3v) is 2.68. The Morgan fingerprint density at radius 2 is 1.95 bits per heavy atom. The van der Waals surface area contributed by atoms with E-state index in [2.05, 4.69) is 5.32 Å². The molecule has 0 aliphatic rings. The van der Waals surface area contributed by atoms with E-state index in [1.54, 1.807) is 18.2 Å². The molecule has 1 amide bonds. The van der Waals surface area contributed by atoms with Crippen molar-refractivity contribution in [2.24, 2.45) is 0 Å². The minimum atomic E-state index is -0.216. The summed E-state index contributed by atoms with van der Waals surface area (Å²) in [4.78, 5) is 11.7. The average Bonchev–Trinajstić information content (AvgIpc) is 2.42. The monoisotopic (exact) mass is 256 g/mol. The number of para-hydroxylation sites is 1. The smallest absolute Gasteiger partial charge is 0.262 e. The maximum absolute atomic E-state index is 11.7. The highest BCUT2D eigenvalue weighted by Crippen LogP contribution is 2.16. The van der Waals surface area contributed by atoms with Gasteiger partial charge < -0.3 is 15.8 Å². The molecule has 0 saturated carbocycles. The maximum Gasteiger partial charge on any atom is 0.262 e. The normalized spacial score (nSPS) is 9.95. The molecule has 98 valence electrons. The number of carbonyl (C=O) groups is 1. The van der Waals surface area contributed by atoms with E-state index in [1.165, 1.54) is 0 Å². The molecule has 2 aromatic rings. The van der Waals surface area contributed by atoms with Crippen molar-refractivity contribution < 1.29 is 9.53 Å². The minimum Gasteiger partial charge on any atom is -0.484 e. The predicted octanol–water partition coefficient (Wildman–Crippen LogP) is 2.59. The molecule has 4 nitrogen and oxygen atoms in total. The zero-order valence-electron chi connectivity index (χ0n) is 10.7. The highest BCUT2D eigenvalue weighted by molar-refractivity contribution is 5.92. The van der Waals surface area contributed by atoms with Gasteiger partial charge in [0, 0.05) is 11.4 Å². The van der Waals surface area contributed by atoms with Gasteiger partial charge in [0.05, 0.1) is 0 Å². The van der Waals surface area contributed by atoms with E-state index in [9.17, 15) is 4.79 Å². The molecule has 3 N–H and O–H groups in total. The Bertz CT molecular complexity index is 568. The number of carbonyl (C=O) groups excluding carboxylic acids is 1. The van der Waals surface area contributed by atoms with Gasteiger partial charge in [0.1, 0.15) is 5.75 Å². The van der Waals surface area contributed by atoms with Gasteiger partial charge in [0.15, 0.2) is 6.61 Å². The first-order chi connectivity index (χ1) is 9.15. The third kappa shape index (κ3) is 3.74. The molecule has 0 radical (unpaired) electrons. The van der Waals surface area contributed by atoms with Crippen molar-refractivity contribution in [3.63, 3.8) is 0 Å². The van der Waals surface area contributed by atoms with E-state index in [0.29, 0.717) is 17.1 Å². The Morgan fingerprint density at radius 3 is 2.63 bits per heavy atom. The second kappa shape index (κ2) is 5.91. The van der Waals surface area contributed by atoms with Gasteiger partial charge in [-0.05, 0) is 36.8 Å². The van der Waals surface area contributed by atoms with Crippen LogP contribution in [0.2, 0.25) is 0 Å². The molecule has 19 heavy (non-hydrogen) atoms. The van der Waals surface area contributed by atoms with Gasteiger partial charge >= 0.3 is 0 Å². The number of ether oxygens (including phenoxy) is 1. The number of rotatable bonds is 4. The van der Waals surface area contributed by atoms with Gasteiger partial charge in [-0.3, -0.25) is 4.79 Å². The highest BCUT2D eigenvalue weighted by atomic mass is 16.5. The lowest BCUT2D eigenvalue weighted by Gasteiger charge is -2.08. The molecule has 0 spiro atoms. The molecule has 2 aromatic carbocycles. The average molecular weight is 256 g/mol. The van der Waals surface area contributed by atoms with Crippen LogP contribution in [0.3, 0.4) is 0 Å². The number of amides is 1. The standard InChI is InChI=1S/C15H16N2O2/c1-11-7-8-12(9-14(11)16)17-15(18)10-19-13-5-3-2-4-6-13/h2-9H,10,16H2,1H3,(H,17,18). The van der Waals surface area contributed by atoms with Crippen LogP contribution in [-0.4, -0.2) is 12.5 Å². The molecule has 0 aliphatic heterocycles. The number of anilines is 2. The molecule has 4 heteroatoms. The molecule has 0 bridgehead atoms. The van der Waals surface area contributed by atoms with Gasteiger partial charge in [0.2, 0.25) is 0 Å². The molecule has 0 unspecified atom stereocenters. The van der Waals surface area contributed by atoms with Crippen LogP contribution in [0, 0.1) is 6.92 Å². The van der Waals surface area contributed by atoms with Gasteiger partial charge in [0.25, 0.3) is 5.91 Å². The van der Waals surface area contributed by atoms with Crippen molar-refractivity contribution in [1.29, 1.82) is 0 Å². The zero-order chi connectivity index (χ0) is 13.7. The number of nitrogen functional groups attached to an aromatic ring is 1. The number of hydrogen-bond donors (Lipinski definition) is 2. The van der Waals surface area contributed by atoms with Gasteiger partial charge in [-0.1, -0.05) is 24.3 Å². The first kappa shape index (κ1) is 13.0. The summed E-state index contributed by atoms with van der Waals surface area (Å²) >= 11 is 0. The van der Waals surface area contributed by atoms with Crippen LogP contribution in [0.4, 0.5) is 11.4 Å². The number of nitrogens with one attached hydrogen (secondary N) is 1. The van der Waals surface area contributed by atoms with E-state index >= 15 is 0 Å². The Morgan fingerprint density at radius 1 is 1.21 bits per heavy atom. The van der Waals surface area contributed by atoms with Crippen LogP contribution in [0.15, 0.2) is 48.5 Å². The molecule has 0 fully saturated rings. The second-order valence-corrected chi connectivity index (χ2v) is 4.22. The largest absolute Gasteiger partial charge is 0.484 e. The SMILES string of the molecule is Cc1ccc(NC(=O)COc2ccccc2)cc1N. The summed E-state index contributed by atoms with van der Waals surface area (Å²) in [6.45, 7) is 1.89. The Hall–Kier alpha value is -2.49. The molecule has 0 saturated heterocycles.